The molecule has 0 fully saturated rings. The second kappa shape index (κ2) is 7.43. The van der Waals surface area contributed by atoms with Gasteiger partial charge < -0.3 is 4.90 Å². The average molecular weight is 356 g/mol. The van der Waals surface area contributed by atoms with E-state index in [0.717, 1.165) is 17.7 Å². The van der Waals surface area contributed by atoms with Crippen molar-refractivity contribution in [2.75, 3.05) is 7.05 Å². The van der Waals surface area contributed by atoms with Crippen molar-refractivity contribution in [2.45, 2.75) is 19.5 Å². The molecule has 5 nitrogen and oxygen atoms in total. The second-order valence-corrected chi connectivity index (χ2v) is 6.05. The number of aromatic nitrogens is 3. The van der Waals surface area contributed by atoms with Gasteiger partial charge in [0.15, 0.2) is 17.3 Å². The minimum absolute atomic E-state index is 0.192. The van der Waals surface area contributed by atoms with E-state index in [1.54, 1.807) is 24.9 Å². The zero-order valence-corrected chi connectivity index (χ0v) is 14.4. The Labute approximate surface area is 149 Å². The zero-order valence-electron chi connectivity index (χ0n) is 14.4. The molecule has 0 spiro atoms. The highest BCUT2D eigenvalue weighted by molar-refractivity contribution is 5.92. The molecule has 1 atom stereocenters. The molecule has 2 aromatic carbocycles. The van der Waals surface area contributed by atoms with Crippen LogP contribution in [0, 0.1) is 11.6 Å². The van der Waals surface area contributed by atoms with E-state index in [1.165, 1.54) is 11.0 Å². The van der Waals surface area contributed by atoms with Crippen LogP contribution in [0.2, 0.25) is 0 Å². The van der Waals surface area contributed by atoms with Gasteiger partial charge in [-0.1, -0.05) is 41.6 Å². The summed E-state index contributed by atoms with van der Waals surface area (Å²) in [6.45, 7) is 2.24. The van der Waals surface area contributed by atoms with Crippen molar-refractivity contribution in [1.82, 2.24) is 19.9 Å². The molecule has 0 saturated carbocycles. The molecule has 1 heterocycles. The number of carbonyl (C=O) groups excluding carboxylic acids is 1. The van der Waals surface area contributed by atoms with Gasteiger partial charge in [-0.05, 0) is 30.2 Å². The van der Waals surface area contributed by atoms with Crippen LogP contribution in [0.25, 0.3) is 0 Å². The Morgan fingerprint density at radius 3 is 2.58 bits per heavy atom. The standard InChI is InChI=1S/C19H18F2N4O/c1-13(15-8-9-16(20)17(21)10-15)24(2)19(26)18-12-25(23-22-18)11-14-6-4-3-5-7-14/h3-10,12-13H,11H2,1-2H3. The Bertz CT molecular complexity index is 911. The Morgan fingerprint density at radius 1 is 1.15 bits per heavy atom. The van der Waals surface area contributed by atoms with Crippen molar-refractivity contribution >= 4 is 5.91 Å². The topological polar surface area (TPSA) is 51.0 Å². The minimum atomic E-state index is -0.941. The van der Waals surface area contributed by atoms with Gasteiger partial charge in [0.2, 0.25) is 0 Å². The molecule has 7 heteroatoms. The first kappa shape index (κ1) is 17.7. The van der Waals surface area contributed by atoms with Crippen LogP contribution in [-0.2, 0) is 6.54 Å². The maximum absolute atomic E-state index is 13.4. The third-order valence-electron chi connectivity index (χ3n) is 4.27. The molecule has 0 saturated heterocycles. The van der Waals surface area contributed by atoms with Crippen LogP contribution >= 0.6 is 0 Å². The van der Waals surface area contributed by atoms with E-state index in [0.29, 0.717) is 12.1 Å². The number of nitrogens with zero attached hydrogens (tertiary/aromatic N) is 4. The van der Waals surface area contributed by atoms with Crippen LogP contribution in [0.3, 0.4) is 0 Å². The molecular formula is C19H18F2N4O. The minimum Gasteiger partial charge on any atom is -0.334 e. The first-order valence-corrected chi connectivity index (χ1v) is 8.12. The number of hydrogen-bond acceptors (Lipinski definition) is 3. The largest absolute Gasteiger partial charge is 0.334 e. The summed E-state index contributed by atoms with van der Waals surface area (Å²) >= 11 is 0. The molecule has 0 N–H and O–H groups in total. The van der Waals surface area contributed by atoms with Gasteiger partial charge in [-0.25, -0.2) is 13.5 Å². The molecule has 0 radical (unpaired) electrons. The van der Waals surface area contributed by atoms with E-state index in [-0.39, 0.29) is 11.6 Å². The molecule has 1 aromatic heterocycles. The summed E-state index contributed by atoms with van der Waals surface area (Å²) < 4.78 is 28.1. The summed E-state index contributed by atoms with van der Waals surface area (Å²) in [4.78, 5) is 14.0. The van der Waals surface area contributed by atoms with E-state index >= 15 is 0 Å². The molecule has 3 aromatic rings. The maximum Gasteiger partial charge on any atom is 0.276 e. The molecule has 0 aliphatic rings. The lowest BCUT2D eigenvalue weighted by Gasteiger charge is -2.24. The van der Waals surface area contributed by atoms with E-state index in [4.69, 9.17) is 0 Å². The molecular weight excluding hydrogens is 338 g/mol. The van der Waals surface area contributed by atoms with Crippen LogP contribution < -0.4 is 0 Å². The highest BCUT2D eigenvalue weighted by Crippen LogP contribution is 2.22. The average Bonchev–Trinajstić information content (AvgIpc) is 3.11. The van der Waals surface area contributed by atoms with Crippen LogP contribution in [0.15, 0.2) is 54.7 Å². The first-order chi connectivity index (χ1) is 12.5. The molecule has 0 aliphatic carbocycles. The fraction of sp³-hybridized carbons (Fsp3) is 0.211. The number of hydrogen-bond donors (Lipinski definition) is 0. The lowest BCUT2D eigenvalue weighted by Crippen LogP contribution is -2.30. The number of amides is 1. The van der Waals surface area contributed by atoms with Crippen molar-refractivity contribution < 1.29 is 13.6 Å². The molecule has 26 heavy (non-hydrogen) atoms. The predicted molar refractivity (Wildman–Crippen MR) is 92.4 cm³/mol. The number of halogens is 2. The summed E-state index contributed by atoms with van der Waals surface area (Å²) in [5.74, 6) is -2.20. The Balaban J connectivity index is 1.73. The zero-order chi connectivity index (χ0) is 18.7. The quantitative estimate of drug-likeness (QED) is 0.704. The van der Waals surface area contributed by atoms with E-state index < -0.39 is 17.7 Å². The molecule has 1 unspecified atom stereocenters. The van der Waals surface area contributed by atoms with Gasteiger partial charge in [0, 0.05) is 7.05 Å². The summed E-state index contributed by atoms with van der Waals surface area (Å²) in [5, 5.41) is 7.91. The fourth-order valence-corrected chi connectivity index (χ4v) is 2.60. The lowest BCUT2D eigenvalue weighted by molar-refractivity contribution is 0.0736. The Kier molecular flexibility index (Phi) is 5.06. The molecule has 1 amide bonds. The maximum atomic E-state index is 13.4. The lowest BCUT2D eigenvalue weighted by atomic mass is 10.1. The SMILES string of the molecule is CC(c1ccc(F)c(F)c1)N(C)C(=O)c1cn(Cc2ccccc2)nn1. The van der Waals surface area contributed by atoms with Gasteiger partial charge in [0.1, 0.15) is 0 Å². The molecule has 3 rings (SSSR count). The Morgan fingerprint density at radius 2 is 1.88 bits per heavy atom. The predicted octanol–water partition coefficient (Wildman–Crippen LogP) is 3.44. The smallest absolute Gasteiger partial charge is 0.276 e. The third-order valence-corrected chi connectivity index (χ3v) is 4.27. The number of benzene rings is 2. The normalized spacial score (nSPS) is 12.0. The number of rotatable bonds is 5. The fourth-order valence-electron chi connectivity index (χ4n) is 2.60. The van der Waals surface area contributed by atoms with Crippen LogP contribution in [0.1, 0.15) is 34.6 Å². The van der Waals surface area contributed by atoms with Gasteiger partial charge >= 0.3 is 0 Å². The van der Waals surface area contributed by atoms with Gasteiger partial charge in [-0.15, -0.1) is 5.10 Å². The van der Waals surface area contributed by atoms with Crippen LogP contribution in [-0.4, -0.2) is 32.8 Å². The van der Waals surface area contributed by atoms with Gasteiger partial charge in [0.05, 0.1) is 18.8 Å². The van der Waals surface area contributed by atoms with E-state index in [9.17, 15) is 13.6 Å². The van der Waals surface area contributed by atoms with Crippen molar-refractivity contribution in [1.29, 1.82) is 0 Å². The highest BCUT2D eigenvalue weighted by atomic mass is 19.2. The summed E-state index contributed by atoms with van der Waals surface area (Å²) in [6, 6.07) is 12.8. The summed E-state index contributed by atoms with van der Waals surface area (Å²) in [5.41, 5.74) is 1.73. The monoisotopic (exact) mass is 356 g/mol. The molecule has 134 valence electrons. The van der Waals surface area contributed by atoms with Crippen molar-refractivity contribution in [3.8, 4) is 0 Å². The van der Waals surface area contributed by atoms with Crippen molar-refractivity contribution in [3.63, 3.8) is 0 Å². The van der Waals surface area contributed by atoms with Gasteiger partial charge in [-0.2, -0.15) is 0 Å². The van der Waals surface area contributed by atoms with E-state index in [1.807, 2.05) is 30.3 Å². The van der Waals surface area contributed by atoms with E-state index in [2.05, 4.69) is 10.3 Å². The van der Waals surface area contributed by atoms with Crippen LogP contribution in [0.5, 0.6) is 0 Å². The first-order valence-electron chi connectivity index (χ1n) is 8.12. The second-order valence-electron chi connectivity index (χ2n) is 6.05. The van der Waals surface area contributed by atoms with Gasteiger partial charge in [0.25, 0.3) is 5.91 Å². The third kappa shape index (κ3) is 3.77. The molecule has 0 bridgehead atoms. The van der Waals surface area contributed by atoms with Crippen LogP contribution in [0.4, 0.5) is 8.78 Å². The number of carbonyl (C=O) groups is 1. The highest BCUT2D eigenvalue weighted by Gasteiger charge is 2.22. The molecule has 0 aliphatic heterocycles. The Hall–Kier alpha value is -3.09. The van der Waals surface area contributed by atoms with Crippen molar-refractivity contribution in [2.24, 2.45) is 0 Å². The van der Waals surface area contributed by atoms with Gasteiger partial charge in [-0.3, -0.25) is 4.79 Å². The summed E-state index contributed by atoms with van der Waals surface area (Å²) in [6.07, 6.45) is 1.57. The summed E-state index contributed by atoms with van der Waals surface area (Å²) in [7, 11) is 1.59. The van der Waals surface area contributed by atoms with Crippen molar-refractivity contribution in [3.05, 3.63) is 83.2 Å².